The Morgan fingerprint density at radius 2 is 2.17 bits per heavy atom. The molecular formula is C13H16N2O3. The number of pyridine rings is 1. The minimum Gasteiger partial charge on any atom is -0.480 e. The van der Waals surface area contributed by atoms with Crippen LogP contribution in [0.25, 0.3) is 0 Å². The number of carbonyl (C=O) groups is 2. The highest BCUT2D eigenvalue weighted by Crippen LogP contribution is 2.33. The Hall–Kier alpha value is -1.91. The van der Waals surface area contributed by atoms with Crippen LogP contribution in [0.4, 0.5) is 0 Å². The van der Waals surface area contributed by atoms with Gasteiger partial charge in [-0.3, -0.25) is 14.6 Å². The Kier molecular flexibility index (Phi) is 3.60. The topological polar surface area (TPSA) is 79.3 Å². The summed E-state index contributed by atoms with van der Waals surface area (Å²) in [7, 11) is 0. The van der Waals surface area contributed by atoms with Crippen molar-refractivity contribution in [1.82, 2.24) is 10.3 Å². The van der Waals surface area contributed by atoms with Gasteiger partial charge in [-0.25, -0.2) is 0 Å². The zero-order valence-corrected chi connectivity index (χ0v) is 10.1. The number of rotatable bonds is 4. The van der Waals surface area contributed by atoms with Gasteiger partial charge in [-0.15, -0.1) is 0 Å². The fourth-order valence-corrected chi connectivity index (χ4v) is 2.33. The summed E-state index contributed by atoms with van der Waals surface area (Å²) < 4.78 is 0. The molecule has 0 radical (unpaired) electrons. The highest BCUT2D eigenvalue weighted by Gasteiger charge is 2.46. The average Bonchev–Trinajstić information content (AvgIpc) is 2.39. The quantitative estimate of drug-likeness (QED) is 0.779. The summed E-state index contributed by atoms with van der Waals surface area (Å²) in [4.78, 5) is 27.2. The predicted octanol–water partition coefficient (Wildman–Crippen LogP) is 0.995. The zero-order chi connectivity index (χ0) is 13.0. The molecule has 96 valence electrons. The lowest BCUT2D eigenvalue weighted by Crippen LogP contribution is -2.50. The molecule has 0 aromatic carbocycles. The number of hydrogen-bond acceptors (Lipinski definition) is 3. The van der Waals surface area contributed by atoms with Crippen molar-refractivity contribution in [2.24, 2.45) is 5.41 Å². The maximum Gasteiger partial charge on any atom is 0.319 e. The first-order valence-electron chi connectivity index (χ1n) is 6.06. The summed E-state index contributed by atoms with van der Waals surface area (Å²) in [5, 5.41) is 12.0. The summed E-state index contributed by atoms with van der Waals surface area (Å²) in [6.45, 7) is 0.573. The second kappa shape index (κ2) is 5.16. The van der Waals surface area contributed by atoms with Crippen LogP contribution in [-0.4, -0.2) is 28.5 Å². The molecule has 1 aromatic rings. The minimum absolute atomic E-state index is 0.332. The van der Waals surface area contributed by atoms with Gasteiger partial charge in [0.25, 0.3) is 0 Å². The van der Waals surface area contributed by atoms with Gasteiger partial charge in [0, 0.05) is 18.9 Å². The Morgan fingerprint density at radius 1 is 1.44 bits per heavy atom. The zero-order valence-electron chi connectivity index (χ0n) is 10.1. The standard InChI is InChI=1S/C13H16N2O3/c16-11-13(12(17)18,5-1-7-15-11)6-2-10-3-8-14-9-4-10/h3-4,8-9H,1-2,5-7H2,(H,15,16)(H,17,18)/t13-/m1/s1. The SMILES string of the molecule is O=C(O)[C@@]1(CCc2ccncc2)CCCNC1=O. The summed E-state index contributed by atoms with van der Waals surface area (Å²) in [5.41, 5.74) is -0.259. The van der Waals surface area contributed by atoms with Gasteiger partial charge in [-0.1, -0.05) is 0 Å². The van der Waals surface area contributed by atoms with E-state index in [1.165, 1.54) is 0 Å². The van der Waals surface area contributed by atoms with Gasteiger partial charge in [0.05, 0.1) is 0 Å². The molecular weight excluding hydrogens is 232 g/mol. The number of hydrogen-bond donors (Lipinski definition) is 2. The smallest absolute Gasteiger partial charge is 0.319 e. The lowest BCUT2D eigenvalue weighted by molar-refractivity contribution is -0.158. The summed E-state index contributed by atoms with van der Waals surface area (Å²) in [5.74, 6) is -1.37. The number of aliphatic carboxylic acids is 1. The van der Waals surface area contributed by atoms with Crippen molar-refractivity contribution in [1.29, 1.82) is 0 Å². The van der Waals surface area contributed by atoms with E-state index in [2.05, 4.69) is 10.3 Å². The normalized spacial score (nSPS) is 23.4. The molecule has 2 rings (SSSR count). The molecule has 1 aliphatic heterocycles. The highest BCUT2D eigenvalue weighted by atomic mass is 16.4. The van der Waals surface area contributed by atoms with Gasteiger partial charge in [0.2, 0.25) is 5.91 Å². The number of carboxylic acid groups (broad SMARTS) is 1. The average molecular weight is 248 g/mol. The second-order valence-corrected chi connectivity index (χ2v) is 4.60. The van der Waals surface area contributed by atoms with E-state index in [0.29, 0.717) is 32.2 Å². The number of aryl methyl sites for hydroxylation is 1. The van der Waals surface area contributed by atoms with E-state index in [0.717, 1.165) is 5.56 Å². The molecule has 0 spiro atoms. The number of carbonyl (C=O) groups excluding carboxylic acids is 1. The van der Waals surface area contributed by atoms with E-state index in [1.807, 2.05) is 12.1 Å². The molecule has 0 unspecified atom stereocenters. The fourth-order valence-electron chi connectivity index (χ4n) is 2.33. The van der Waals surface area contributed by atoms with E-state index >= 15 is 0 Å². The molecule has 2 N–H and O–H groups in total. The molecule has 1 amide bonds. The van der Waals surface area contributed by atoms with Crippen LogP contribution in [-0.2, 0) is 16.0 Å². The van der Waals surface area contributed by atoms with Crippen LogP contribution < -0.4 is 5.32 Å². The molecule has 1 aromatic heterocycles. The van der Waals surface area contributed by atoms with Crippen molar-refractivity contribution in [2.75, 3.05) is 6.54 Å². The molecule has 5 heteroatoms. The maximum absolute atomic E-state index is 11.9. The third kappa shape index (κ3) is 2.34. The van der Waals surface area contributed by atoms with Crippen LogP contribution in [0.1, 0.15) is 24.8 Å². The molecule has 5 nitrogen and oxygen atoms in total. The highest BCUT2D eigenvalue weighted by molar-refractivity contribution is 6.02. The van der Waals surface area contributed by atoms with Crippen molar-refractivity contribution in [2.45, 2.75) is 25.7 Å². The van der Waals surface area contributed by atoms with Crippen LogP contribution in [0.3, 0.4) is 0 Å². The largest absolute Gasteiger partial charge is 0.480 e. The molecule has 0 saturated carbocycles. The van der Waals surface area contributed by atoms with E-state index in [-0.39, 0.29) is 5.91 Å². The van der Waals surface area contributed by atoms with Crippen LogP contribution in [0.15, 0.2) is 24.5 Å². The monoisotopic (exact) mass is 248 g/mol. The van der Waals surface area contributed by atoms with Crippen LogP contribution in [0.5, 0.6) is 0 Å². The Bertz CT molecular complexity index is 447. The Balaban J connectivity index is 2.12. The van der Waals surface area contributed by atoms with Crippen molar-refractivity contribution < 1.29 is 14.7 Å². The van der Waals surface area contributed by atoms with Crippen molar-refractivity contribution in [3.63, 3.8) is 0 Å². The van der Waals surface area contributed by atoms with Crippen LogP contribution in [0.2, 0.25) is 0 Å². The first-order valence-corrected chi connectivity index (χ1v) is 6.06. The molecule has 18 heavy (non-hydrogen) atoms. The van der Waals surface area contributed by atoms with Crippen molar-refractivity contribution in [3.8, 4) is 0 Å². The first-order chi connectivity index (χ1) is 8.65. The molecule has 0 bridgehead atoms. The third-order valence-corrected chi connectivity index (χ3v) is 3.50. The lowest BCUT2D eigenvalue weighted by atomic mass is 9.75. The van der Waals surface area contributed by atoms with Crippen molar-refractivity contribution in [3.05, 3.63) is 30.1 Å². The lowest BCUT2D eigenvalue weighted by Gasteiger charge is -2.32. The van der Waals surface area contributed by atoms with Gasteiger partial charge in [-0.05, 0) is 43.4 Å². The van der Waals surface area contributed by atoms with Gasteiger partial charge >= 0.3 is 5.97 Å². The molecule has 1 fully saturated rings. The van der Waals surface area contributed by atoms with E-state index in [4.69, 9.17) is 0 Å². The Labute approximate surface area is 105 Å². The van der Waals surface area contributed by atoms with Crippen LogP contribution in [0, 0.1) is 5.41 Å². The summed E-state index contributed by atoms with van der Waals surface area (Å²) >= 11 is 0. The third-order valence-electron chi connectivity index (χ3n) is 3.50. The van der Waals surface area contributed by atoms with Gasteiger partial charge < -0.3 is 10.4 Å². The number of nitrogens with zero attached hydrogens (tertiary/aromatic N) is 1. The van der Waals surface area contributed by atoms with E-state index < -0.39 is 11.4 Å². The van der Waals surface area contributed by atoms with E-state index in [1.54, 1.807) is 12.4 Å². The number of carboxylic acids is 1. The fraction of sp³-hybridized carbons (Fsp3) is 0.462. The maximum atomic E-state index is 11.9. The van der Waals surface area contributed by atoms with Crippen LogP contribution >= 0.6 is 0 Å². The molecule has 2 heterocycles. The number of nitrogens with one attached hydrogen (secondary N) is 1. The first kappa shape index (κ1) is 12.5. The molecule has 1 aliphatic rings. The van der Waals surface area contributed by atoms with Crippen molar-refractivity contribution >= 4 is 11.9 Å². The summed E-state index contributed by atoms with van der Waals surface area (Å²) in [6.07, 6.45) is 5.38. The summed E-state index contributed by atoms with van der Waals surface area (Å²) in [6, 6.07) is 3.69. The minimum atomic E-state index is -1.26. The molecule has 0 aliphatic carbocycles. The number of aromatic nitrogens is 1. The number of amides is 1. The van der Waals surface area contributed by atoms with Gasteiger partial charge in [-0.2, -0.15) is 0 Å². The Morgan fingerprint density at radius 3 is 2.78 bits per heavy atom. The van der Waals surface area contributed by atoms with Gasteiger partial charge in [0.15, 0.2) is 0 Å². The predicted molar refractivity (Wildman–Crippen MR) is 64.9 cm³/mol. The van der Waals surface area contributed by atoms with Gasteiger partial charge in [0.1, 0.15) is 5.41 Å². The van der Waals surface area contributed by atoms with E-state index in [9.17, 15) is 14.7 Å². The molecule has 1 atom stereocenters. The molecule has 1 saturated heterocycles. The second-order valence-electron chi connectivity index (χ2n) is 4.60. The number of piperidine rings is 1.